The Morgan fingerprint density at radius 1 is 1.03 bits per heavy atom. The third-order valence-electron chi connectivity index (χ3n) is 6.75. The third-order valence-corrected chi connectivity index (χ3v) is 6.75. The third kappa shape index (κ3) is 7.65. The second kappa shape index (κ2) is 12.7. The van der Waals surface area contributed by atoms with E-state index in [1.807, 2.05) is 62.4 Å². The number of likely N-dealkylation sites (tertiary alicyclic amines) is 1. The van der Waals surface area contributed by atoms with Crippen LogP contribution in [0, 0.1) is 5.41 Å². The van der Waals surface area contributed by atoms with Gasteiger partial charge in [-0.3, -0.25) is 14.5 Å². The highest BCUT2D eigenvalue weighted by Crippen LogP contribution is 2.33. The summed E-state index contributed by atoms with van der Waals surface area (Å²) in [5.74, 6) is -1.36. The van der Waals surface area contributed by atoms with Gasteiger partial charge in [0.25, 0.3) is 5.91 Å². The Morgan fingerprint density at radius 2 is 1.67 bits per heavy atom. The van der Waals surface area contributed by atoms with Crippen LogP contribution in [0.1, 0.15) is 64.1 Å². The molecule has 2 amide bonds. The van der Waals surface area contributed by atoms with Crippen molar-refractivity contribution in [3.63, 3.8) is 0 Å². The molecule has 194 valence electrons. The van der Waals surface area contributed by atoms with Crippen LogP contribution in [0.4, 0.5) is 4.79 Å². The molecule has 2 N–H and O–H groups in total. The lowest BCUT2D eigenvalue weighted by Crippen LogP contribution is -2.49. The fraction of sp³-hybridized carbons (Fsp3) is 0.483. The molecule has 1 aliphatic rings. The zero-order valence-electron chi connectivity index (χ0n) is 21.8. The van der Waals surface area contributed by atoms with Crippen LogP contribution in [0.25, 0.3) is 0 Å². The van der Waals surface area contributed by atoms with E-state index in [1.165, 1.54) is 5.56 Å². The molecule has 0 spiro atoms. The molecule has 36 heavy (non-hydrogen) atoms. The van der Waals surface area contributed by atoms with Crippen molar-refractivity contribution < 1.29 is 19.1 Å². The summed E-state index contributed by atoms with van der Waals surface area (Å²) in [6.45, 7) is 10.2. The Hall–Kier alpha value is -3.19. The van der Waals surface area contributed by atoms with E-state index in [1.54, 1.807) is 0 Å². The first-order valence-electron chi connectivity index (χ1n) is 12.8. The minimum Gasteiger partial charge on any atom is -0.444 e. The average Bonchev–Trinajstić information content (AvgIpc) is 3.14. The first-order chi connectivity index (χ1) is 17.2. The Bertz CT molecular complexity index is 1010. The number of Topliss-reactive ketones (excluding diaryl/α,β-unsaturated/α-hetero) is 1. The van der Waals surface area contributed by atoms with Gasteiger partial charge in [0, 0.05) is 25.0 Å². The summed E-state index contributed by atoms with van der Waals surface area (Å²) >= 11 is 0. The lowest BCUT2D eigenvalue weighted by Gasteiger charge is -2.26. The van der Waals surface area contributed by atoms with Crippen molar-refractivity contribution in [1.29, 1.82) is 0 Å². The van der Waals surface area contributed by atoms with Gasteiger partial charge in [-0.15, -0.1) is 0 Å². The van der Waals surface area contributed by atoms with Crippen LogP contribution >= 0.6 is 0 Å². The molecule has 1 saturated heterocycles. The summed E-state index contributed by atoms with van der Waals surface area (Å²) in [5.41, 5.74) is 1.87. The molecule has 2 aromatic rings. The number of ketones is 1. The van der Waals surface area contributed by atoms with Crippen LogP contribution in [0.2, 0.25) is 0 Å². The lowest BCUT2D eigenvalue weighted by atomic mass is 9.90. The molecular formula is C29H39N3O4. The molecular weight excluding hydrogens is 454 g/mol. The number of alkyl carbamates (subject to hydrolysis) is 1. The molecule has 0 aromatic heterocycles. The summed E-state index contributed by atoms with van der Waals surface area (Å²) < 4.78 is 5.81. The number of rotatable bonds is 11. The summed E-state index contributed by atoms with van der Waals surface area (Å²) in [5, 5.41) is 5.44. The van der Waals surface area contributed by atoms with Crippen LogP contribution < -0.4 is 10.6 Å². The van der Waals surface area contributed by atoms with E-state index in [2.05, 4.69) is 41.5 Å². The molecule has 7 heteroatoms. The van der Waals surface area contributed by atoms with Crippen molar-refractivity contribution in [3.8, 4) is 0 Å². The minimum absolute atomic E-state index is 0.239. The number of unbranched alkanes of at least 4 members (excludes halogenated alkanes) is 1. The fourth-order valence-electron chi connectivity index (χ4n) is 4.62. The Kier molecular flexibility index (Phi) is 9.65. The van der Waals surface area contributed by atoms with E-state index in [0.29, 0.717) is 19.4 Å². The number of nitrogens with one attached hydrogen (secondary N) is 2. The van der Waals surface area contributed by atoms with E-state index in [-0.39, 0.29) is 17.6 Å². The van der Waals surface area contributed by atoms with Crippen LogP contribution in [0.5, 0.6) is 0 Å². The lowest BCUT2D eigenvalue weighted by molar-refractivity contribution is -0.139. The van der Waals surface area contributed by atoms with Gasteiger partial charge in [0.15, 0.2) is 0 Å². The van der Waals surface area contributed by atoms with Gasteiger partial charge in [0.2, 0.25) is 5.78 Å². The predicted molar refractivity (Wildman–Crippen MR) is 140 cm³/mol. The quantitative estimate of drug-likeness (QED) is 0.446. The van der Waals surface area contributed by atoms with E-state index in [9.17, 15) is 14.4 Å². The van der Waals surface area contributed by atoms with Crippen molar-refractivity contribution >= 4 is 17.8 Å². The van der Waals surface area contributed by atoms with Gasteiger partial charge in [-0.2, -0.15) is 0 Å². The molecule has 3 rings (SSSR count). The zero-order chi connectivity index (χ0) is 26.1. The Balaban J connectivity index is 1.58. The highest BCUT2D eigenvalue weighted by atomic mass is 16.6. The van der Waals surface area contributed by atoms with Gasteiger partial charge in [-0.25, -0.2) is 4.79 Å². The van der Waals surface area contributed by atoms with Gasteiger partial charge in [-0.1, -0.05) is 94.3 Å². The molecule has 3 atom stereocenters. The standard InChI is InChI=1S/C29H39N3O4/c1-5-6-17-24(26(33)27(34)30-21(2)23-15-11-8-12-16-23)31-28(35)36-25-19-32(20-29(25,3)4)18-22-13-9-7-10-14-22/h7-16,21,24-25H,5-6,17-20H2,1-4H3,(H,30,34)(H,31,35)/t21-,24+,25+/m1/s1. The van der Waals surface area contributed by atoms with Crippen molar-refractivity contribution in [2.24, 2.45) is 5.41 Å². The number of ether oxygens (including phenoxy) is 1. The second-order valence-corrected chi connectivity index (χ2v) is 10.3. The van der Waals surface area contributed by atoms with Crippen LogP contribution in [-0.4, -0.2) is 47.9 Å². The Morgan fingerprint density at radius 3 is 2.31 bits per heavy atom. The SMILES string of the molecule is CCCC[C@H](NC(=O)O[C@H]1CN(Cc2ccccc2)CC1(C)C)C(=O)C(=O)N[C@H](C)c1ccccc1. The maximum atomic E-state index is 13.0. The first kappa shape index (κ1) is 27.4. The van der Waals surface area contributed by atoms with Crippen LogP contribution in [0.3, 0.4) is 0 Å². The second-order valence-electron chi connectivity index (χ2n) is 10.3. The molecule has 1 fully saturated rings. The van der Waals surface area contributed by atoms with Gasteiger partial charge in [0.05, 0.1) is 6.04 Å². The number of benzene rings is 2. The number of carbonyl (C=O) groups is 3. The Labute approximate surface area is 214 Å². The van der Waals surface area contributed by atoms with Gasteiger partial charge in [0.1, 0.15) is 12.1 Å². The molecule has 0 unspecified atom stereocenters. The topological polar surface area (TPSA) is 87.7 Å². The number of hydrogen-bond acceptors (Lipinski definition) is 5. The summed E-state index contributed by atoms with van der Waals surface area (Å²) in [6.07, 6.45) is 0.944. The highest BCUT2D eigenvalue weighted by molar-refractivity contribution is 6.38. The number of nitrogens with zero attached hydrogens (tertiary/aromatic N) is 1. The highest BCUT2D eigenvalue weighted by Gasteiger charge is 2.42. The van der Waals surface area contributed by atoms with E-state index >= 15 is 0 Å². The maximum absolute atomic E-state index is 13.0. The summed E-state index contributed by atoms with van der Waals surface area (Å²) in [6, 6.07) is 18.4. The monoisotopic (exact) mass is 493 g/mol. The maximum Gasteiger partial charge on any atom is 0.408 e. The number of hydrogen-bond donors (Lipinski definition) is 2. The van der Waals surface area contributed by atoms with Crippen molar-refractivity contribution in [3.05, 3.63) is 71.8 Å². The van der Waals surface area contributed by atoms with Gasteiger partial charge in [-0.05, 0) is 24.5 Å². The first-order valence-corrected chi connectivity index (χ1v) is 12.8. The molecule has 0 bridgehead atoms. The molecule has 0 radical (unpaired) electrons. The predicted octanol–water partition coefficient (Wildman–Crippen LogP) is 4.63. The van der Waals surface area contributed by atoms with Crippen LogP contribution in [0.15, 0.2) is 60.7 Å². The molecule has 1 aliphatic heterocycles. The molecule has 1 heterocycles. The van der Waals surface area contributed by atoms with Crippen molar-refractivity contribution in [2.75, 3.05) is 13.1 Å². The van der Waals surface area contributed by atoms with E-state index in [4.69, 9.17) is 4.74 Å². The van der Waals surface area contributed by atoms with Gasteiger partial charge >= 0.3 is 6.09 Å². The van der Waals surface area contributed by atoms with Crippen molar-refractivity contribution in [1.82, 2.24) is 15.5 Å². The molecule has 2 aromatic carbocycles. The minimum atomic E-state index is -0.926. The average molecular weight is 494 g/mol. The molecule has 0 aliphatic carbocycles. The van der Waals surface area contributed by atoms with E-state index < -0.39 is 23.8 Å². The summed E-state index contributed by atoms with van der Waals surface area (Å²) in [7, 11) is 0. The largest absolute Gasteiger partial charge is 0.444 e. The molecule has 7 nitrogen and oxygen atoms in total. The van der Waals surface area contributed by atoms with Gasteiger partial charge < -0.3 is 15.4 Å². The number of carbonyl (C=O) groups excluding carboxylic acids is 3. The van der Waals surface area contributed by atoms with Crippen LogP contribution in [-0.2, 0) is 20.9 Å². The fourth-order valence-corrected chi connectivity index (χ4v) is 4.62. The zero-order valence-corrected chi connectivity index (χ0v) is 21.8. The summed E-state index contributed by atoms with van der Waals surface area (Å²) in [4.78, 5) is 40.8. The number of amides is 2. The van der Waals surface area contributed by atoms with E-state index in [0.717, 1.165) is 25.1 Å². The smallest absolute Gasteiger partial charge is 0.408 e. The molecule has 0 saturated carbocycles. The normalized spacial score (nSPS) is 18.7. The van der Waals surface area contributed by atoms with Crippen molar-refractivity contribution in [2.45, 2.75) is 71.7 Å².